The number of ether oxygens (including phenoxy) is 2. The minimum atomic E-state index is 0. The summed E-state index contributed by atoms with van der Waals surface area (Å²) >= 11 is 0. The topological polar surface area (TPSA) is 75.2 Å². The van der Waals surface area contributed by atoms with E-state index >= 15 is 0 Å². The minimum Gasteiger partial charge on any atom is -0.454 e. The first kappa shape index (κ1) is 22.6. The van der Waals surface area contributed by atoms with Gasteiger partial charge in [-0.2, -0.15) is 0 Å². The van der Waals surface area contributed by atoms with E-state index in [4.69, 9.17) is 14.5 Å². The highest BCUT2D eigenvalue weighted by molar-refractivity contribution is 14.0. The zero-order valence-electron chi connectivity index (χ0n) is 16.7. The number of likely N-dealkylation sites (tertiary alicyclic amines) is 1. The van der Waals surface area contributed by atoms with E-state index in [0.29, 0.717) is 19.1 Å². The Labute approximate surface area is 184 Å². The van der Waals surface area contributed by atoms with Crippen molar-refractivity contribution >= 4 is 35.8 Å². The number of carbonyl (C=O) groups is 1. The van der Waals surface area contributed by atoms with Crippen molar-refractivity contribution in [2.45, 2.75) is 32.6 Å². The lowest BCUT2D eigenvalue weighted by Crippen LogP contribution is -2.46. The van der Waals surface area contributed by atoms with Crippen molar-refractivity contribution < 1.29 is 14.3 Å². The van der Waals surface area contributed by atoms with E-state index in [-0.39, 0.29) is 29.9 Å². The highest BCUT2D eigenvalue weighted by Gasteiger charge is 2.23. The van der Waals surface area contributed by atoms with E-state index < -0.39 is 0 Å². The highest BCUT2D eigenvalue weighted by atomic mass is 127. The molecule has 1 aromatic rings. The van der Waals surface area contributed by atoms with Crippen molar-refractivity contribution in [2.24, 2.45) is 10.9 Å². The van der Waals surface area contributed by atoms with E-state index in [1.54, 1.807) is 7.05 Å². The van der Waals surface area contributed by atoms with Crippen LogP contribution in [0.3, 0.4) is 0 Å². The molecule has 0 aliphatic carbocycles. The molecular weight excluding hydrogens is 471 g/mol. The fraction of sp³-hybridized carbons (Fsp3) is 0.600. The number of nitrogens with zero attached hydrogens (tertiary/aromatic N) is 2. The van der Waals surface area contributed by atoms with Crippen molar-refractivity contribution in [1.29, 1.82) is 0 Å². The number of benzene rings is 1. The molecule has 0 spiro atoms. The van der Waals surface area contributed by atoms with Crippen LogP contribution in [0.1, 0.15) is 31.7 Å². The Bertz CT molecular complexity index is 675. The Morgan fingerprint density at radius 3 is 2.71 bits per heavy atom. The number of piperidine rings is 1. The summed E-state index contributed by atoms with van der Waals surface area (Å²) in [5, 5.41) is 6.12. The summed E-state index contributed by atoms with van der Waals surface area (Å²) in [6.07, 6.45) is 3.54. The Morgan fingerprint density at radius 1 is 1.25 bits per heavy atom. The lowest BCUT2D eigenvalue weighted by atomic mass is 9.93. The number of carbonyl (C=O) groups excluding carboxylic acids is 1. The highest BCUT2D eigenvalue weighted by Crippen LogP contribution is 2.32. The second-order valence-corrected chi connectivity index (χ2v) is 6.98. The third-order valence-corrected chi connectivity index (χ3v) is 5.10. The molecule has 2 aliphatic heterocycles. The number of hydrogen-bond acceptors (Lipinski definition) is 4. The molecule has 0 saturated carbocycles. The number of guanidine groups is 1. The summed E-state index contributed by atoms with van der Waals surface area (Å²) in [4.78, 5) is 18.7. The van der Waals surface area contributed by atoms with E-state index in [1.807, 2.05) is 12.1 Å². The van der Waals surface area contributed by atoms with E-state index in [1.165, 1.54) is 5.56 Å². The Morgan fingerprint density at radius 2 is 2.00 bits per heavy atom. The summed E-state index contributed by atoms with van der Waals surface area (Å²) in [7, 11) is 1.70. The molecule has 1 saturated heterocycles. The van der Waals surface area contributed by atoms with Crippen molar-refractivity contribution in [1.82, 2.24) is 15.5 Å². The van der Waals surface area contributed by atoms with E-state index in [9.17, 15) is 4.79 Å². The number of hydrogen-bond donors (Lipinski definition) is 2. The van der Waals surface area contributed by atoms with Crippen molar-refractivity contribution in [3.63, 3.8) is 0 Å². The first-order valence-electron chi connectivity index (χ1n) is 9.82. The van der Waals surface area contributed by atoms with Crippen LogP contribution in [0.4, 0.5) is 0 Å². The van der Waals surface area contributed by atoms with Crippen LogP contribution in [0.25, 0.3) is 0 Å². The number of rotatable bonds is 6. The lowest BCUT2D eigenvalue weighted by molar-refractivity contribution is -0.121. The molecule has 0 unspecified atom stereocenters. The molecule has 0 radical (unpaired) electrons. The third kappa shape index (κ3) is 6.15. The van der Waals surface area contributed by atoms with Gasteiger partial charge in [0.25, 0.3) is 0 Å². The molecule has 1 fully saturated rings. The first-order valence-corrected chi connectivity index (χ1v) is 9.82. The summed E-state index contributed by atoms with van der Waals surface area (Å²) in [6.45, 7) is 5.85. The standard InChI is InChI=1S/C20H30N4O3.HI/c1-3-22-20(24-10-7-16(8-11-24)13-19(25)21-2)23-9-6-15-4-5-17-18(12-15)27-14-26-17;/h4-5,12,16H,3,6-11,13-14H2,1-2H3,(H,21,25)(H,22,23);1H. The third-order valence-electron chi connectivity index (χ3n) is 5.10. The normalized spacial score (nSPS) is 16.5. The van der Waals surface area contributed by atoms with E-state index in [2.05, 4.69) is 28.5 Å². The van der Waals surface area contributed by atoms with Gasteiger partial charge in [-0.1, -0.05) is 6.07 Å². The Balaban J connectivity index is 0.00000280. The SMILES string of the molecule is CCNC(=NCCc1ccc2c(c1)OCO2)N1CCC(CC(=O)NC)CC1.I. The van der Waals surface area contributed by atoms with Gasteiger partial charge in [0.1, 0.15) is 0 Å². The number of halogens is 1. The number of aliphatic imine (C=N–C) groups is 1. The molecule has 0 bridgehead atoms. The Hall–Kier alpha value is -1.71. The maximum Gasteiger partial charge on any atom is 0.231 e. The van der Waals surface area contributed by atoms with Gasteiger partial charge in [-0.05, 0) is 49.8 Å². The second-order valence-electron chi connectivity index (χ2n) is 6.98. The zero-order valence-corrected chi connectivity index (χ0v) is 19.0. The van der Waals surface area contributed by atoms with Crippen LogP contribution in [0.5, 0.6) is 11.5 Å². The molecule has 2 heterocycles. The van der Waals surface area contributed by atoms with Gasteiger partial charge in [-0.25, -0.2) is 0 Å². The maximum absolute atomic E-state index is 11.6. The van der Waals surface area contributed by atoms with Gasteiger partial charge in [0, 0.05) is 39.6 Å². The smallest absolute Gasteiger partial charge is 0.231 e. The van der Waals surface area contributed by atoms with Crippen LogP contribution >= 0.6 is 24.0 Å². The summed E-state index contributed by atoms with van der Waals surface area (Å²) in [6, 6.07) is 6.07. The molecular formula is C20H31IN4O3. The maximum atomic E-state index is 11.6. The van der Waals surface area contributed by atoms with Crippen LogP contribution in [0.2, 0.25) is 0 Å². The number of amides is 1. The van der Waals surface area contributed by atoms with Gasteiger partial charge in [-0.15, -0.1) is 24.0 Å². The average molecular weight is 502 g/mol. The molecule has 2 aliphatic rings. The van der Waals surface area contributed by atoms with Crippen LogP contribution < -0.4 is 20.1 Å². The van der Waals surface area contributed by atoms with Gasteiger partial charge < -0.3 is 25.0 Å². The second kappa shape index (κ2) is 11.3. The number of fused-ring (bicyclic) bond motifs is 1. The predicted molar refractivity (Wildman–Crippen MR) is 121 cm³/mol. The van der Waals surface area contributed by atoms with Crippen molar-refractivity contribution in [2.75, 3.05) is 40.0 Å². The van der Waals surface area contributed by atoms with Gasteiger partial charge in [0.05, 0.1) is 0 Å². The summed E-state index contributed by atoms with van der Waals surface area (Å²) in [5.41, 5.74) is 1.20. The largest absolute Gasteiger partial charge is 0.454 e. The predicted octanol–water partition coefficient (Wildman–Crippen LogP) is 2.39. The molecule has 0 aromatic heterocycles. The van der Waals surface area contributed by atoms with Gasteiger partial charge in [-0.3, -0.25) is 9.79 Å². The van der Waals surface area contributed by atoms with Crippen LogP contribution in [-0.2, 0) is 11.2 Å². The molecule has 1 amide bonds. The summed E-state index contributed by atoms with van der Waals surface area (Å²) in [5.74, 6) is 3.21. The first-order chi connectivity index (χ1) is 13.2. The molecule has 156 valence electrons. The van der Waals surface area contributed by atoms with Crippen LogP contribution in [-0.4, -0.2) is 56.8 Å². The zero-order chi connectivity index (χ0) is 19.1. The van der Waals surface area contributed by atoms with Gasteiger partial charge in [0.2, 0.25) is 12.7 Å². The van der Waals surface area contributed by atoms with Gasteiger partial charge in [0.15, 0.2) is 17.5 Å². The minimum absolute atomic E-state index is 0. The fourth-order valence-corrected chi connectivity index (χ4v) is 3.53. The monoisotopic (exact) mass is 502 g/mol. The van der Waals surface area contributed by atoms with Gasteiger partial charge >= 0.3 is 0 Å². The Kier molecular flexibility index (Phi) is 9.14. The molecule has 1 aromatic carbocycles. The molecule has 7 nitrogen and oxygen atoms in total. The van der Waals surface area contributed by atoms with Crippen molar-refractivity contribution in [3.8, 4) is 11.5 Å². The molecule has 3 rings (SSSR count). The van der Waals surface area contributed by atoms with E-state index in [0.717, 1.165) is 62.9 Å². The fourth-order valence-electron chi connectivity index (χ4n) is 3.53. The number of nitrogens with one attached hydrogen (secondary N) is 2. The summed E-state index contributed by atoms with van der Waals surface area (Å²) < 4.78 is 10.8. The quantitative estimate of drug-likeness (QED) is 0.355. The molecule has 2 N–H and O–H groups in total. The molecule has 8 heteroatoms. The van der Waals surface area contributed by atoms with Crippen LogP contribution in [0.15, 0.2) is 23.2 Å². The molecule has 28 heavy (non-hydrogen) atoms. The molecule has 0 atom stereocenters. The average Bonchev–Trinajstić information content (AvgIpc) is 3.16. The van der Waals surface area contributed by atoms with Crippen LogP contribution in [0, 0.1) is 5.92 Å². The lowest BCUT2D eigenvalue weighted by Gasteiger charge is -2.34. The van der Waals surface area contributed by atoms with Crippen molar-refractivity contribution in [3.05, 3.63) is 23.8 Å².